The van der Waals surface area contributed by atoms with Crippen LogP contribution >= 0.6 is 0 Å². The Morgan fingerprint density at radius 2 is 1.67 bits per heavy atom. The molecule has 0 fully saturated rings. The molecule has 24 heavy (non-hydrogen) atoms. The highest BCUT2D eigenvalue weighted by molar-refractivity contribution is 6.79. The van der Waals surface area contributed by atoms with E-state index in [-0.39, 0.29) is 5.95 Å². The van der Waals surface area contributed by atoms with Crippen molar-refractivity contribution in [2.45, 2.75) is 39.3 Å². The zero-order valence-corrected chi connectivity index (χ0v) is 16.8. The number of hydrogen-bond acceptors (Lipinski definition) is 9. The largest absolute Gasteiger partial charge is 0.518 e. The zero-order chi connectivity index (χ0) is 18.4. The van der Waals surface area contributed by atoms with Crippen molar-refractivity contribution >= 4 is 28.4 Å². The van der Waals surface area contributed by atoms with E-state index in [1.807, 2.05) is 0 Å². The molecule has 0 saturated carbocycles. The maximum Gasteiger partial charge on any atom is 0.349 e. The van der Waals surface area contributed by atoms with Crippen molar-refractivity contribution in [1.82, 2.24) is 29.9 Å². The molecular formula is C12H24N8O2Si2. The van der Waals surface area contributed by atoms with E-state index in [0.717, 1.165) is 6.33 Å². The number of hydrogen-bond donors (Lipinski definition) is 3. The van der Waals surface area contributed by atoms with Gasteiger partial charge in [0.25, 0.3) is 0 Å². The summed E-state index contributed by atoms with van der Waals surface area (Å²) in [5, 5.41) is 0. The Balaban J connectivity index is 0.000000300. The number of rotatable bonds is 4. The molecule has 2 rings (SSSR count). The van der Waals surface area contributed by atoms with Crippen LogP contribution in [0.1, 0.15) is 0 Å². The fraction of sp³-hybridized carbons (Fsp3) is 0.500. The summed E-state index contributed by atoms with van der Waals surface area (Å²) in [6.45, 7) is 12.9. The van der Waals surface area contributed by atoms with E-state index in [1.54, 1.807) is 0 Å². The number of nitrogens with one attached hydrogen (secondary N) is 2. The Morgan fingerprint density at radius 1 is 1.04 bits per heavy atom. The molecule has 0 atom stereocenters. The molecule has 0 radical (unpaired) electrons. The van der Waals surface area contributed by atoms with Gasteiger partial charge in [-0.15, -0.1) is 0 Å². The Kier molecular flexibility index (Phi) is 6.54. The number of aromatic nitrogens is 6. The van der Waals surface area contributed by atoms with Crippen LogP contribution in [-0.2, 0) is 0 Å². The van der Waals surface area contributed by atoms with E-state index in [0.29, 0.717) is 12.0 Å². The molecule has 0 aliphatic carbocycles. The fourth-order valence-electron chi connectivity index (χ4n) is 1.32. The topological polar surface area (TPSA) is 145 Å². The van der Waals surface area contributed by atoms with Gasteiger partial charge in [0.1, 0.15) is 20.9 Å². The van der Waals surface area contributed by atoms with Crippen molar-refractivity contribution in [2.75, 3.05) is 10.7 Å². The molecule has 2 aromatic rings. The van der Waals surface area contributed by atoms with E-state index < -0.39 is 22.2 Å². The maximum atomic E-state index is 10.2. The number of aromatic amines is 1. The van der Waals surface area contributed by atoms with Gasteiger partial charge in [0.2, 0.25) is 20.2 Å². The first-order chi connectivity index (χ1) is 10.9. The Morgan fingerprint density at radius 3 is 2.12 bits per heavy atom. The van der Waals surface area contributed by atoms with E-state index in [2.05, 4.69) is 74.2 Å². The molecule has 0 unspecified atom stereocenters. The number of nitrogens with two attached hydrogens (primary N) is 1. The summed E-state index contributed by atoms with van der Waals surface area (Å²) < 4.78 is 5.71. The Bertz CT molecular complexity index is 680. The summed E-state index contributed by atoms with van der Waals surface area (Å²) >= 11 is 0. The summed E-state index contributed by atoms with van der Waals surface area (Å²) in [5.41, 5.74) is 4.58. The molecule has 0 spiro atoms. The lowest BCUT2D eigenvalue weighted by atomic mass is 10.9. The monoisotopic (exact) mass is 368 g/mol. The normalized spacial score (nSPS) is 11.2. The van der Waals surface area contributed by atoms with Gasteiger partial charge in [-0.25, -0.2) is 14.8 Å². The van der Waals surface area contributed by atoms with Gasteiger partial charge >= 0.3 is 11.7 Å². The SMILES string of the molecule is C[Si](C)(C)Nc1ncnc(O[Si](C)(C)C)n1.Nc1ncnc(=O)[nH]1. The van der Waals surface area contributed by atoms with Gasteiger partial charge in [0, 0.05) is 0 Å². The van der Waals surface area contributed by atoms with Crippen molar-refractivity contribution in [1.29, 1.82) is 0 Å². The zero-order valence-electron chi connectivity index (χ0n) is 14.8. The first kappa shape index (κ1) is 19.7. The van der Waals surface area contributed by atoms with Crippen LogP contribution in [0.25, 0.3) is 0 Å². The third-order valence-corrected chi connectivity index (χ3v) is 3.81. The van der Waals surface area contributed by atoms with Crippen molar-refractivity contribution in [3.63, 3.8) is 0 Å². The Labute approximate surface area is 142 Å². The number of nitrogen functional groups attached to an aromatic ring is 1. The minimum absolute atomic E-state index is 0.0880. The second-order valence-corrected chi connectivity index (χ2v) is 16.0. The summed E-state index contributed by atoms with van der Waals surface area (Å²) in [6.07, 6.45) is 2.60. The average molecular weight is 369 g/mol. The van der Waals surface area contributed by atoms with Gasteiger partial charge in [0.15, 0.2) is 0 Å². The van der Waals surface area contributed by atoms with E-state index in [9.17, 15) is 4.79 Å². The second kappa shape index (κ2) is 7.96. The minimum atomic E-state index is -1.65. The molecule has 12 heteroatoms. The van der Waals surface area contributed by atoms with Gasteiger partial charge in [-0.2, -0.15) is 15.0 Å². The van der Waals surface area contributed by atoms with E-state index in [1.165, 1.54) is 6.33 Å². The van der Waals surface area contributed by atoms with E-state index in [4.69, 9.17) is 10.2 Å². The van der Waals surface area contributed by atoms with Crippen LogP contribution in [0.15, 0.2) is 17.4 Å². The molecular weight excluding hydrogens is 344 g/mol. The van der Waals surface area contributed by atoms with Gasteiger partial charge in [0.05, 0.1) is 0 Å². The highest BCUT2D eigenvalue weighted by atomic mass is 28.4. The van der Waals surface area contributed by atoms with Crippen LogP contribution in [0.5, 0.6) is 6.01 Å². The number of H-pyrrole nitrogens is 1. The first-order valence-corrected chi connectivity index (χ1v) is 14.2. The van der Waals surface area contributed by atoms with Crippen molar-refractivity contribution in [2.24, 2.45) is 0 Å². The van der Waals surface area contributed by atoms with Crippen LogP contribution in [0.2, 0.25) is 39.3 Å². The molecule has 132 valence electrons. The van der Waals surface area contributed by atoms with Crippen LogP contribution in [0.4, 0.5) is 11.9 Å². The molecule has 2 aromatic heterocycles. The van der Waals surface area contributed by atoms with Crippen LogP contribution in [0, 0.1) is 0 Å². The van der Waals surface area contributed by atoms with Crippen molar-refractivity contribution < 1.29 is 4.43 Å². The minimum Gasteiger partial charge on any atom is -0.518 e. The van der Waals surface area contributed by atoms with Crippen LogP contribution in [0.3, 0.4) is 0 Å². The van der Waals surface area contributed by atoms with Gasteiger partial charge in [-0.3, -0.25) is 4.98 Å². The summed E-state index contributed by atoms with van der Waals surface area (Å²) in [7, 11) is -3.08. The van der Waals surface area contributed by atoms with Crippen molar-refractivity contribution in [3.8, 4) is 6.01 Å². The molecule has 0 aromatic carbocycles. The summed E-state index contributed by atoms with van der Waals surface area (Å²) in [6, 6.07) is 0.426. The van der Waals surface area contributed by atoms with Gasteiger partial charge in [-0.05, 0) is 19.6 Å². The molecule has 10 nitrogen and oxygen atoms in total. The lowest BCUT2D eigenvalue weighted by molar-refractivity contribution is 0.507. The van der Waals surface area contributed by atoms with Crippen molar-refractivity contribution in [3.05, 3.63) is 23.1 Å². The van der Waals surface area contributed by atoms with Crippen LogP contribution < -0.4 is 20.8 Å². The van der Waals surface area contributed by atoms with Crippen LogP contribution in [-0.4, -0.2) is 46.5 Å². The molecule has 0 aliphatic heterocycles. The van der Waals surface area contributed by atoms with E-state index >= 15 is 0 Å². The van der Waals surface area contributed by atoms with Gasteiger partial charge < -0.3 is 15.1 Å². The smallest absolute Gasteiger partial charge is 0.349 e. The third kappa shape index (κ3) is 8.94. The standard InChI is InChI=1S/C9H20N4OSi2.C3H4N4O/c1-15(2,3)13-8-10-7-11-9(12-8)14-16(4,5)6;4-2-5-1-6-3(8)7-2/h7H,1-6H3,(H,10,11,12,13);1H,(H3,4,5,6,7,8). The molecule has 0 aliphatic rings. The molecule has 2 heterocycles. The summed E-state index contributed by atoms with van der Waals surface area (Å²) in [5.74, 6) is 0.701. The molecule has 0 bridgehead atoms. The average Bonchev–Trinajstić information content (AvgIpc) is 2.35. The third-order valence-electron chi connectivity index (χ3n) is 2.04. The first-order valence-electron chi connectivity index (χ1n) is 7.28. The highest BCUT2D eigenvalue weighted by Gasteiger charge is 2.19. The fourth-order valence-corrected chi connectivity index (χ4v) is 2.75. The number of nitrogens with zero attached hydrogens (tertiary/aromatic N) is 5. The molecule has 0 amide bonds. The molecule has 4 N–H and O–H groups in total. The quantitative estimate of drug-likeness (QED) is 0.675. The lowest BCUT2D eigenvalue weighted by Crippen LogP contribution is -2.34. The predicted molar refractivity (Wildman–Crippen MR) is 97.8 cm³/mol. The lowest BCUT2D eigenvalue weighted by Gasteiger charge is -2.20. The highest BCUT2D eigenvalue weighted by Crippen LogP contribution is 2.12. The maximum absolute atomic E-state index is 10.2. The Hall–Kier alpha value is -2.35. The summed E-state index contributed by atoms with van der Waals surface area (Å²) in [4.78, 5) is 34.8. The molecule has 0 saturated heterocycles. The predicted octanol–water partition coefficient (Wildman–Crippen LogP) is 1.08. The van der Waals surface area contributed by atoms with Gasteiger partial charge in [-0.1, -0.05) is 19.6 Å². The second-order valence-electron chi connectivity index (χ2n) is 6.87. The number of anilines is 2.